The van der Waals surface area contributed by atoms with Gasteiger partial charge in [0.2, 0.25) is 0 Å². The first kappa shape index (κ1) is 16.7. The largest absolute Gasteiger partial charge is 0.468 e. The molecule has 1 rings (SSSR count). The van der Waals surface area contributed by atoms with E-state index in [2.05, 4.69) is 41.5 Å². The van der Waals surface area contributed by atoms with Gasteiger partial charge in [0.1, 0.15) is 6.04 Å². The Morgan fingerprint density at radius 3 is 2.65 bits per heavy atom. The quantitative estimate of drug-likeness (QED) is 0.554. The van der Waals surface area contributed by atoms with Crippen LogP contribution in [0, 0.1) is 0 Å². The van der Waals surface area contributed by atoms with Crippen LogP contribution in [0.1, 0.15) is 25.3 Å². The maximum Gasteiger partial charge on any atom is 0.322 e. The number of carbonyl (C=O) groups excluding carboxylic acids is 1. The highest BCUT2D eigenvalue weighted by Crippen LogP contribution is 2.03. The van der Waals surface area contributed by atoms with E-state index in [0.717, 1.165) is 32.5 Å². The fourth-order valence-electron chi connectivity index (χ4n) is 2.14. The lowest BCUT2D eigenvalue weighted by Gasteiger charge is -2.18. The molecule has 112 valence electrons. The third kappa shape index (κ3) is 6.17. The molecule has 4 heteroatoms. The van der Waals surface area contributed by atoms with Crippen LogP contribution >= 0.6 is 0 Å². The number of ether oxygens (including phenoxy) is 1. The molecular weight excluding hydrogens is 252 g/mol. The van der Waals surface area contributed by atoms with Crippen LogP contribution in [0.4, 0.5) is 0 Å². The monoisotopic (exact) mass is 278 g/mol. The second kappa shape index (κ2) is 9.50. The first-order valence-electron chi connectivity index (χ1n) is 7.21. The number of rotatable bonds is 9. The number of methoxy groups -OCH3 is 1. The number of benzene rings is 1. The smallest absolute Gasteiger partial charge is 0.322 e. The molecule has 1 unspecified atom stereocenters. The Kier molecular flexibility index (Phi) is 7.92. The second-order valence-corrected chi connectivity index (χ2v) is 5.02. The van der Waals surface area contributed by atoms with Gasteiger partial charge in [0.25, 0.3) is 0 Å². The molecular formula is C16H26N2O2. The predicted octanol–water partition coefficient (Wildman–Crippen LogP) is 2.05. The van der Waals surface area contributed by atoms with Gasteiger partial charge in [0.05, 0.1) is 7.11 Å². The lowest BCUT2D eigenvalue weighted by Crippen LogP contribution is -2.38. The van der Waals surface area contributed by atoms with E-state index in [9.17, 15) is 4.79 Å². The SMILES string of the molecule is CCC(NCCCN(C)Cc1ccccc1)C(=O)OC. The molecule has 0 saturated heterocycles. The summed E-state index contributed by atoms with van der Waals surface area (Å²) in [5.41, 5.74) is 1.32. The van der Waals surface area contributed by atoms with Gasteiger partial charge in [-0.1, -0.05) is 37.3 Å². The van der Waals surface area contributed by atoms with E-state index in [1.807, 2.05) is 13.0 Å². The van der Waals surface area contributed by atoms with Crippen molar-refractivity contribution >= 4 is 5.97 Å². The maximum atomic E-state index is 11.4. The maximum absolute atomic E-state index is 11.4. The summed E-state index contributed by atoms with van der Waals surface area (Å²) in [4.78, 5) is 13.7. The fourth-order valence-corrected chi connectivity index (χ4v) is 2.14. The van der Waals surface area contributed by atoms with Crippen LogP contribution in [0.25, 0.3) is 0 Å². The molecule has 0 heterocycles. The van der Waals surface area contributed by atoms with E-state index in [4.69, 9.17) is 4.74 Å². The lowest BCUT2D eigenvalue weighted by atomic mass is 10.2. The van der Waals surface area contributed by atoms with Gasteiger partial charge < -0.3 is 15.0 Å². The first-order valence-corrected chi connectivity index (χ1v) is 7.21. The van der Waals surface area contributed by atoms with Gasteiger partial charge in [-0.15, -0.1) is 0 Å². The van der Waals surface area contributed by atoms with Crippen molar-refractivity contribution in [1.29, 1.82) is 0 Å². The topological polar surface area (TPSA) is 41.6 Å². The molecule has 0 aromatic heterocycles. The van der Waals surface area contributed by atoms with Crippen molar-refractivity contribution in [3.8, 4) is 0 Å². The highest BCUT2D eigenvalue weighted by Gasteiger charge is 2.15. The number of hydrogen-bond donors (Lipinski definition) is 1. The second-order valence-electron chi connectivity index (χ2n) is 5.02. The van der Waals surface area contributed by atoms with Gasteiger partial charge in [-0.2, -0.15) is 0 Å². The molecule has 0 radical (unpaired) electrons. The van der Waals surface area contributed by atoms with Crippen molar-refractivity contribution in [3.05, 3.63) is 35.9 Å². The third-order valence-electron chi connectivity index (χ3n) is 3.30. The van der Waals surface area contributed by atoms with Crippen LogP contribution in [0.3, 0.4) is 0 Å². The molecule has 0 fully saturated rings. The van der Waals surface area contributed by atoms with Gasteiger partial charge in [-0.3, -0.25) is 4.79 Å². The molecule has 0 aliphatic rings. The molecule has 20 heavy (non-hydrogen) atoms. The highest BCUT2D eigenvalue weighted by molar-refractivity contribution is 5.75. The van der Waals surface area contributed by atoms with Crippen molar-refractivity contribution in [3.63, 3.8) is 0 Å². The molecule has 0 spiro atoms. The zero-order valence-electron chi connectivity index (χ0n) is 12.8. The Bertz CT molecular complexity index is 381. The normalized spacial score (nSPS) is 12.4. The van der Waals surface area contributed by atoms with E-state index in [0.29, 0.717) is 0 Å². The average Bonchev–Trinajstić information content (AvgIpc) is 2.47. The molecule has 4 nitrogen and oxygen atoms in total. The number of nitrogens with one attached hydrogen (secondary N) is 1. The molecule has 1 atom stereocenters. The van der Waals surface area contributed by atoms with Crippen molar-refractivity contribution in [2.45, 2.75) is 32.4 Å². The zero-order valence-corrected chi connectivity index (χ0v) is 12.8. The summed E-state index contributed by atoms with van der Waals surface area (Å²) in [7, 11) is 3.55. The van der Waals surface area contributed by atoms with Crippen LogP contribution < -0.4 is 5.32 Å². The van der Waals surface area contributed by atoms with E-state index in [1.165, 1.54) is 12.7 Å². The minimum atomic E-state index is -0.181. The molecule has 0 bridgehead atoms. The summed E-state index contributed by atoms with van der Waals surface area (Å²) < 4.78 is 4.75. The molecule has 1 N–H and O–H groups in total. The zero-order chi connectivity index (χ0) is 14.8. The van der Waals surface area contributed by atoms with E-state index >= 15 is 0 Å². The van der Waals surface area contributed by atoms with E-state index < -0.39 is 0 Å². The van der Waals surface area contributed by atoms with Crippen LogP contribution in [-0.4, -0.2) is 44.2 Å². The minimum Gasteiger partial charge on any atom is -0.468 e. The Morgan fingerprint density at radius 1 is 1.35 bits per heavy atom. The number of hydrogen-bond acceptors (Lipinski definition) is 4. The third-order valence-corrected chi connectivity index (χ3v) is 3.30. The Morgan fingerprint density at radius 2 is 2.05 bits per heavy atom. The molecule has 0 aliphatic carbocycles. The van der Waals surface area contributed by atoms with E-state index in [1.54, 1.807) is 0 Å². The summed E-state index contributed by atoms with van der Waals surface area (Å²) in [5, 5.41) is 3.24. The van der Waals surface area contributed by atoms with Gasteiger partial charge in [-0.25, -0.2) is 0 Å². The summed E-state index contributed by atoms with van der Waals surface area (Å²) >= 11 is 0. The Balaban J connectivity index is 2.18. The van der Waals surface area contributed by atoms with Crippen molar-refractivity contribution < 1.29 is 9.53 Å². The molecule has 1 aromatic rings. The van der Waals surface area contributed by atoms with Gasteiger partial charge in [0, 0.05) is 6.54 Å². The summed E-state index contributed by atoms with van der Waals surface area (Å²) in [5.74, 6) is -0.176. The van der Waals surface area contributed by atoms with Crippen molar-refractivity contribution in [2.75, 3.05) is 27.2 Å². The number of nitrogens with zero attached hydrogens (tertiary/aromatic N) is 1. The van der Waals surface area contributed by atoms with Gasteiger partial charge >= 0.3 is 5.97 Å². The lowest BCUT2D eigenvalue weighted by molar-refractivity contribution is -0.143. The van der Waals surface area contributed by atoms with Crippen LogP contribution in [0.15, 0.2) is 30.3 Å². The Labute approximate surface area is 122 Å². The number of carbonyl (C=O) groups is 1. The first-order chi connectivity index (χ1) is 9.67. The Hall–Kier alpha value is -1.39. The molecule has 0 saturated carbocycles. The standard InChI is InChI=1S/C16H26N2O2/c1-4-15(16(19)20-3)17-11-8-12-18(2)13-14-9-6-5-7-10-14/h5-7,9-10,15,17H,4,8,11-13H2,1-3H3. The molecule has 0 amide bonds. The van der Waals surface area contributed by atoms with Crippen molar-refractivity contribution in [1.82, 2.24) is 10.2 Å². The van der Waals surface area contributed by atoms with Gasteiger partial charge in [-0.05, 0) is 38.5 Å². The predicted molar refractivity (Wildman–Crippen MR) is 81.5 cm³/mol. The van der Waals surface area contributed by atoms with E-state index in [-0.39, 0.29) is 12.0 Å². The van der Waals surface area contributed by atoms with Crippen molar-refractivity contribution in [2.24, 2.45) is 0 Å². The van der Waals surface area contributed by atoms with Gasteiger partial charge in [0.15, 0.2) is 0 Å². The summed E-state index contributed by atoms with van der Waals surface area (Å²) in [6.45, 7) is 4.76. The highest BCUT2D eigenvalue weighted by atomic mass is 16.5. The average molecular weight is 278 g/mol. The number of esters is 1. The minimum absolute atomic E-state index is 0.176. The molecule has 0 aliphatic heterocycles. The van der Waals surface area contributed by atoms with Crippen LogP contribution in [-0.2, 0) is 16.1 Å². The van der Waals surface area contributed by atoms with Crippen LogP contribution in [0.2, 0.25) is 0 Å². The fraction of sp³-hybridized carbons (Fsp3) is 0.562. The molecule has 1 aromatic carbocycles. The van der Waals surface area contributed by atoms with Crippen LogP contribution in [0.5, 0.6) is 0 Å². The summed E-state index contributed by atoms with van der Waals surface area (Å²) in [6, 6.07) is 10.3. The summed E-state index contributed by atoms with van der Waals surface area (Å²) in [6.07, 6.45) is 1.77.